The lowest BCUT2D eigenvalue weighted by Crippen LogP contribution is -2.23. The number of nitrogens with zero attached hydrogens (tertiary/aromatic N) is 3. The highest BCUT2D eigenvalue weighted by Crippen LogP contribution is 2.27. The Bertz CT molecular complexity index is 678. The third kappa shape index (κ3) is 3.57. The number of carbonyl (C=O) groups excluding carboxylic acids is 1. The van der Waals surface area contributed by atoms with Crippen LogP contribution < -0.4 is 5.32 Å². The van der Waals surface area contributed by atoms with Crippen molar-refractivity contribution in [2.75, 3.05) is 5.32 Å². The van der Waals surface area contributed by atoms with Crippen LogP contribution in [0.4, 0.5) is 5.69 Å². The van der Waals surface area contributed by atoms with Crippen molar-refractivity contribution in [3.05, 3.63) is 42.7 Å². The van der Waals surface area contributed by atoms with Gasteiger partial charge < -0.3 is 9.88 Å². The Labute approximate surface area is 133 Å². The molecule has 1 amide bonds. The van der Waals surface area contributed by atoms with E-state index in [1.165, 1.54) is 0 Å². The first-order chi connectivity index (χ1) is 10.7. The predicted molar refractivity (Wildman–Crippen MR) is 86.7 cm³/mol. The second kappa shape index (κ2) is 6.79. The Morgan fingerprint density at radius 3 is 2.77 bits per heavy atom. The standard InChI is InChI=1S/C16H18N4OS/c1-20-11-17-19-16(20)22-14-9-7-13(8-10-14)18-15(21)12-5-3-2-4-6-12/h2-3,7-12H,4-6H2,1H3,(H,18,21). The number of aryl methyl sites for hydroxylation is 1. The summed E-state index contributed by atoms with van der Waals surface area (Å²) in [5, 5.41) is 11.7. The van der Waals surface area contributed by atoms with E-state index < -0.39 is 0 Å². The fraction of sp³-hybridized carbons (Fsp3) is 0.312. The Hall–Kier alpha value is -2.08. The molecule has 1 aliphatic rings. The van der Waals surface area contributed by atoms with Crippen LogP contribution >= 0.6 is 11.8 Å². The molecule has 1 heterocycles. The van der Waals surface area contributed by atoms with Gasteiger partial charge in [0.25, 0.3) is 0 Å². The van der Waals surface area contributed by atoms with Gasteiger partial charge in [0, 0.05) is 23.5 Å². The van der Waals surface area contributed by atoms with Gasteiger partial charge in [0.2, 0.25) is 5.91 Å². The summed E-state index contributed by atoms with van der Waals surface area (Å²) in [6, 6.07) is 7.82. The molecule has 0 saturated carbocycles. The summed E-state index contributed by atoms with van der Waals surface area (Å²) in [7, 11) is 1.91. The lowest BCUT2D eigenvalue weighted by molar-refractivity contribution is -0.120. The quantitative estimate of drug-likeness (QED) is 0.880. The van der Waals surface area contributed by atoms with Gasteiger partial charge in [-0.2, -0.15) is 0 Å². The fourth-order valence-electron chi connectivity index (χ4n) is 2.35. The van der Waals surface area contributed by atoms with Crippen molar-refractivity contribution in [1.82, 2.24) is 14.8 Å². The molecule has 1 aromatic carbocycles. The number of aromatic nitrogens is 3. The molecule has 2 aromatic rings. The van der Waals surface area contributed by atoms with E-state index in [2.05, 4.69) is 27.7 Å². The lowest BCUT2D eigenvalue weighted by atomic mass is 9.93. The van der Waals surface area contributed by atoms with Crippen molar-refractivity contribution in [3.63, 3.8) is 0 Å². The molecule has 114 valence electrons. The molecular weight excluding hydrogens is 296 g/mol. The first-order valence-corrected chi connectivity index (χ1v) is 8.12. The van der Waals surface area contributed by atoms with E-state index in [1.807, 2.05) is 35.9 Å². The van der Waals surface area contributed by atoms with Crippen molar-refractivity contribution in [3.8, 4) is 0 Å². The van der Waals surface area contributed by atoms with E-state index in [-0.39, 0.29) is 11.8 Å². The van der Waals surface area contributed by atoms with Crippen molar-refractivity contribution in [1.29, 1.82) is 0 Å². The normalized spacial score (nSPS) is 17.4. The zero-order chi connectivity index (χ0) is 15.4. The number of nitrogens with one attached hydrogen (secondary N) is 1. The second-order valence-electron chi connectivity index (χ2n) is 5.32. The van der Waals surface area contributed by atoms with E-state index in [1.54, 1.807) is 18.1 Å². The maximum atomic E-state index is 12.2. The molecule has 6 heteroatoms. The zero-order valence-electron chi connectivity index (χ0n) is 12.4. The summed E-state index contributed by atoms with van der Waals surface area (Å²) in [5.74, 6) is 0.204. The Morgan fingerprint density at radius 1 is 1.32 bits per heavy atom. The Kier molecular flexibility index (Phi) is 4.58. The van der Waals surface area contributed by atoms with Gasteiger partial charge >= 0.3 is 0 Å². The van der Waals surface area contributed by atoms with Crippen LogP contribution in [0.25, 0.3) is 0 Å². The summed E-state index contributed by atoms with van der Waals surface area (Å²) >= 11 is 1.54. The van der Waals surface area contributed by atoms with Gasteiger partial charge in [-0.1, -0.05) is 12.2 Å². The van der Waals surface area contributed by atoms with Crippen molar-refractivity contribution in [2.24, 2.45) is 13.0 Å². The number of rotatable bonds is 4. The number of allylic oxidation sites excluding steroid dienone is 2. The number of hydrogen-bond acceptors (Lipinski definition) is 4. The molecule has 1 aromatic heterocycles. The zero-order valence-corrected chi connectivity index (χ0v) is 13.2. The molecule has 0 bridgehead atoms. The second-order valence-corrected chi connectivity index (χ2v) is 6.36. The smallest absolute Gasteiger partial charge is 0.227 e. The van der Waals surface area contributed by atoms with Gasteiger partial charge in [0.05, 0.1) is 0 Å². The van der Waals surface area contributed by atoms with Gasteiger partial charge in [0.1, 0.15) is 6.33 Å². The average molecular weight is 314 g/mol. The van der Waals surface area contributed by atoms with Crippen molar-refractivity contribution < 1.29 is 4.79 Å². The third-order valence-electron chi connectivity index (χ3n) is 3.64. The van der Waals surface area contributed by atoms with Crippen LogP contribution in [-0.2, 0) is 11.8 Å². The van der Waals surface area contributed by atoms with E-state index in [0.717, 1.165) is 35.0 Å². The van der Waals surface area contributed by atoms with Crippen LogP contribution in [0, 0.1) is 5.92 Å². The molecule has 0 spiro atoms. The number of anilines is 1. The molecule has 22 heavy (non-hydrogen) atoms. The highest BCUT2D eigenvalue weighted by Gasteiger charge is 2.18. The van der Waals surface area contributed by atoms with Crippen LogP contribution in [0.2, 0.25) is 0 Å². The first-order valence-electron chi connectivity index (χ1n) is 7.30. The monoisotopic (exact) mass is 314 g/mol. The SMILES string of the molecule is Cn1cnnc1Sc1ccc(NC(=O)C2CC=CCC2)cc1. The third-order valence-corrected chi connectivity index (χ3v) is 4.70. The van der Waals surface area contributed by atoms with E-state index >= 15 is 0 Å². The van der Waals surface area contributed by atoms with Crippen LogP contribution in [0.3, 0.4) is 0 Å². The summed E-state index contributed by atoms with van der Waals surface area (Å²) in [4.78, 5) is 13.2. The number of hydrogen-bond donors (Lipinski definition) is 1. The van der Waals surface area contributed by atoms with E-state index in [9.17, 15) is 4.79 Å². The minimum atomic E-state index is 0.0951. The molecule has 0 fully saturated rings. The summed E-state index contributed by atoms with van der Waals surface area (Å²) < 4.78 is 1.87. The molecule has 0 radical (unpaired) electrons. The number of benzene rings is 1. The summed E-state index contributed by atoms with van der Waals surface area (Å²) in [6.45, 7) is 0. The van der Waals surface area contributed by atoms with Crippen molar-refractivity contribution >= 4 is 23.4 Å². The lowest BCUT2D eigenvalue weighted by Gasteiger charge is -2.17. The molecular formula is C16H18N4OS. The number of amides is 1. The predicted octanol–water partition coefficient (Wildman–Crippen LogP) is 3.26. The topological polar surface area (TPSA) is 59.8 Å². The molecule has 1 N–H and O–H groups in total. The van der Waals surface area contributed by atoms with Crippen LogP contribution in [0.5, 0.6) is 0 Å². The molecule has 5 nitrogen and oxygen atoms in total. The van der Waals surface area contributed by atoms with Gasteiger partial charge in [-0.15, -0.1) is 10.2 Å². The van der Waals surface area contributed by atoms with E-state index in [4.69, 9.17) is 0 Å². The minimum Gasteiger partial charge on any atom is -0.326 e. The molecule has 0 saturated heterocycles. The molecule has 3 rings (SSSR count). The Morgan fingerprint density at radius 2 is 2.14 bits per heavy atom. The van der Waals surface area contributed by atoms with Gasteiger partial charge in [-0.25, -0.2) is 0 Å². The van der Waals surface area contributed by atoms with Crippen LogP contribution in [0.1, 0.15) is 19.3 Å². The van der Waals surface area contributed by atoms with Gasteiger partial charge in [0.15, 0.2) is 5.16 Å². The maximum absolute atomic E-state index is 12.2. The van der Waals surface area contributed by atoms with Crippen LogP contribution in [-0.4, -0.2) is 20.7 Å². The maximum Gasteiger partial charge on any atom is 0.227 e. The molecule has 0 aliphatic heterocycles. The number of carbonyl (C=O) groups is 1. The minimum absolute atomic E-state index is 0.0951. The summed E-state index contributed by atoms with van der Waals surface area (Å²) in [6.07, 6.45) is 8.67. The highest BCUT2D eigenvalue weighted by atomic mass is 32.2. The molecule has 1 aliphatic carbocycles. The molecule has 1 unspecified atom stereocenters. The van der Waals surface area contributed by atoms with Gasteiger partial charge in [-0.3, -0.25) is 4.79 Å². The average Bonchev–Trinajstić information content (AvgIpc) is 2.95. The van der Waals surface area contributed by atoms with E-state index in [0.29, 0.717) is 0 Å². The highest BCUT2D eigenvalue weighted by molar-refractivity contribution is 7.99. The molecule has 1 atom stereocenters. The van der Waals surface area contributed by atoms with Crippen molar-refractivity contribution in [2.45, 2.75) is 29.3 Å². The fourth-order valence-corrected chi connectivity index (χ4v) is 3.11. The summed E-state index contributed by atoms with van der Waals surface area (Å²) in [5.41, 5.74) is 0.835. The first kappa shape index (κ1) is 14.8. The van der Waals surface area contributed by atoms with Crippen LogP contribution in [0.15, 0.2) is 52.8 Å². The largest absolute Gasteiger partial charge is 0.326 e. The Balaban J connectivity index is 1.60. The van der Waals surface area contributed by atoms with Gasteiger partial charge in [-0.05, 0) is 55.3 Å².